The summed E-state index contributed by atoms with van der Waals surface area (Å²) in [6.45, 7) is 1.21. The molecule has 152 valence electrons. The minimum absolute atomic E-state index is 0.175. The summed E-state index contributed by atoms with van der Waals surface area (Å²) in [6.07, 6.45) is 1.49. The van der Waals surface area contributed by atoms with Crippen LogP contribution in [-0.4, -0.2) is 35.7 Å². The van der Waals surface area contributed by atoms with Gasteiger partial charge in [0, 0.05) is 11.8 Å². The maximum absolute atomic E-state index is 12.7. The van der Waals surface area contributed by atoms with Crippen molar-refractivity contribution in [1.82, 2.24) is 10.1 Å². The molecule has 0 atom stereocenters. The van der Waals surface area contributed by atoms with Crippen molar-refractivity contribution in [2.75, 3.05) is 19.0 Å². The molecule has 0 spiro atoms. The van der Waals surface area contributed by atoms with Gasteiger partial charge in [-0.15, -0.1) is 0 Å². The number of anilines is 1. The maximum Gasteiger partial charge on any atom is 0.339 e. The number of esters is 1. The number of aryl methyl sites for hydroxylation is 1. The molecule has 1 N–H and O–H groups in total. The van der Waals surface area contributed by atoms with Crippen LogP contribution in [0.2, 0.25) is 0 Å². The van der Waals surface area contributed by atoms with Crippen molar-refractivity contribution in [3.05, 3.63) is 60.0 Å². The lowest BCUT2D eigenvalue weighted by Gasteiger charge is -2.09. The molecule has 0 radical (unpaired) electrons. The first-order valence-electron chi connectivity index (χ1n) is 8.97. The third-order valence-corrected chi connectivity index (χ3v) is 4.30. The lowest BCUT2D eigenvalue weighted by molar-refractivity contribution is -0.119. The summed E-state index contributed by atoms with van der Waals surface area (Å²) >= 11 is 0. The fraction of sp³-hybridized carbons (Fsp3) is 0.143. The molecule has 4 aromatic rings. The number of rotatable bonds is 6. The molecule has 0 fully saturated rings. The number of hydrogen-bond donors (Lipinski definition) is 1. The van der Waals surface area contributed by atoms with Gasteiger partial charge in [-0.25, -0.2) is 9.78 Å². The Morgan fingerprint density at radius 3 is 2.80 bits per heavy atom. The summed E-state index contributed by atoms with van der Waals surface area (Å²) in [5.74, 6) is -0.148. The highest BCUT2D eigenvalue weighted by atomic mass is 16.5. The van der Waals surface area contributed by atoms with Crippen LogP contribution in [0.5, 0.6) is 5.75 Å². The molecule has 0 aliphatic rings. The van der Waals surface area contributed by atoms with Crippen LogP contribution in [-0.2, 0) is 9.53 Å². The fourth-order valence-corrected chi connectivity index (χ4v) is 2.91. The molecule has 3 aromatic heterocycles. The van der Waals surface area contributed by atoms with Crippen LogP contribution in [0.25, 0.3) is 22.6 Å². The van der Waals surface area contributed by atoms with Crippen LogP contribution in [0.15, 0.2) is 57.7 Å². The lowest BCUT2D eigenvalue weighted by atomic mass is 10.1. The molecule has 1 aromatic carbocycles. The van der Waals surface area contributed by atoms with Gasteiger partial charge >= 0.3 is 5.97 Å². The smallest absolute Gasteiger partial charge is 0.339 e. The summed E-state index contributed by atoms with van der Waals surface area (Å²) in [4.78, 5) is 29.3. The molecule has 9 heteroatoms. The van der Waals surface area contributed by atoms with Crippen LogP contribution in [0, 0.1) is 6.92 Å². The van der Waals surface area contributed by atoms with Crippen LogP contribution in [0.3, 0.4) is 0 Å². The van der Waals surface area contributed by atoms with Crippen molar-refractivity contribution in [3.63, 3.8) is 0 Å². The Morgan fingerprint density at radius 1 is 1.17 bits per heavy atom. The zero-order chi connectivity index (χ0) is 21.1. The summed E-state index contributed by atoms with van der Waals surface area (Å²) in [5.41, 5.74) is 1.75. The van der Waals surface area contributed by atoms with E-state index in [0.29, 0.717) is 34.0 Å². The van der Waals surface area contributed by atoms with Gasteiger partial charge in [0.05, 0.1) is 30.0 Å². The fourth-order valence-electron chi connectivity index (χ4n) is 2.91. The van der Waals surface area contributed by atoms with E-state index in [2.05, 4.69) is 15.5 Å². The van der Waals surface area contributed by atoms with Gasteiger partial charge in [-0.3, -0.25) is 4.79 Å². The third-order valence-electron chi connectivity index (χ3n) is 4.30. The largest absolute Gasteiger partial charge is 0.497 e. The summed E-state index contributed by atoms with van der Waals surface area (Å²) < 4.78 is 20.9. The van der Waals surface area contributed by atoms with Gasteiger partial charge in [0.2, 0.25) is 0 Å². The molecule has 30 heavy (non-hydrogen) atoms. The Labute approximate surface area is 170 Å². The van der Waals surface area contributed by atoms with Crippen LogP contribution in [0.4, 0.5) is 5.69 Å². The molecule has 1 amide bonds. The number of carbonyl (C=O) groups is 2. The van der Waals surface area contributed by atoms with E-state index in [9.17, 15) is 9.59 Å². The second-order valence-corrected chi connectivity index (χ2v) is 6.34. The summed E-state index contributed by atoms with van der Waals surface area (Å²) in [6, 6.07) is 11.8. The Balaban J connectivity index is 1.52. The number of fused-ring (bicyclic) bond motifs is 1. The number of aromatic nitrogens is 2. The Morgan fingerprint density at radius 2 is 2.03 bits per heavy atom. The molecule has 0 unspecified atom stereocenters. The van der Waals surface area contributed by atoms with Gasteiger partial charge in [-0.05, 0) is 37.3 Å². The molecule has 0 bridgehead atoms. The highest BCUT2D eigenvalue weighted by molar-refractivity contribution is 6.05. The quantitative estimate of drug-likeness (QED) is 0.482. The standard InChI is InChI=1S/C21H17N3O6/c1-12-19-15(10-16(17-7-4-8-28-17)23-20(19)30-24-12)21(26)29-11-18(25)22-13-5-3-6-14(9-13)27-2/h3-10H,11H2,1-2H3,(H,22,25). The number of methoxy groups -OCH3 is 1. The van der Waals surface area contributed by atoms with Gasteiger partial charge in [0.25, 0.3) is 11.6 Å². The molecule has 0 aliphatic carbocycles. The maximum atomic E-state index is 12.7. The van der Waals surface area contributed by atoms with Crippen molar-refractivity contribution in [2.45, 2.75) is 6.92 Å². The average molecular weight is 407 g/mol. The highest BCUT2D eigenvalue weighted by Crippen LogP contribution is 2.27. The van der Waals surface area contributed by atoms with Crippen molar-refractivity contribution in [1.29, 1.82) is 0 Å². The molecule has 4 rings (SSSR count). The van der Waals surface area contributed by atoms with Crippen molar-refractivity contribution in [3.8, 4) is 17.2 Å². The molecule has 0 saturated carbocycles. The number of ether oxygens (including phenoxy) is 2. The predicted octanol–water partition coefficient (Wildman–Crippen LogP) is 3.60. The van der Waals surface area contributed by atoms with Crippen LogP contribution >= 0.6 is 0 Å². The van der Waals surface area contributed by atoms with Crippen LogP contribution < -0.4 is 10.1 Å². The van der Waals surface area contributed by atoms with Gasteiger partial charge < -0.3 is 23.7 Å². The first kappa shape index (κ1) is 19.2. The predicted molar refractivity (Wildman–Crippen MR) is 106 cm³/mol. The molecule has 0 aliphatic heterocycles. The van der Waals surface area contributed by atoms with E-state index in [4.69, 9.17) is 18.4 Å². The van der Waals surface area contributed by atoms with E-state index in [1.165, 1.54) is 19.4 Å². The first-order valence-corrected chi connectivity index (χ1v) is 8.97. The van der Waals surface area contributed by atoms with Crippen molar-refractivity contribution in [2.24, 2.45) is 0 Å². The molecule has 3 heterocycles. The second-order valence-electron chi connectivity index (χ2n) is 6.34. The van der Waals surface area contributed by atoms with E-state index in [1.54, 1.807) is 43.3 Å². The average Bonchev–Trinajstić information content (AvgIpc) is 3.42. The van der Waals surface area contributed by atoms with E-state index >= 15 is 0 Å². The number of benzene rings is 1. The molecule has 0 saturated heterocycles. The van der Waals surface area contributed by atoms with E-state index < -0.39 is 18.5 Å². The topological polar surface area (TPSA) is 117 Å². The van der Waals surface area contributed by atoms with E-state index in [0.717, 1.165) is 0 Å². The van der Waals surface area contributed by atoms with Crippen molar-refractivity contribution < 1.29 is 28.0 Å². The number of amides is 1. The van der Waals surface area contributed by atoms with E-state index in [-0.39, 0.29) is 11.3 Å². The number of nitrogens with one attached hydrogen (secondary N) is 1. The Kier molecular flexibility index (Phi) is 5.17. The number of hydrogen-bond acceptors (Lipinski definition) is 8. The third kappa shape index (κ3) is 3.86. The lowest BCUT2D eigenvalue weighted by Crippen LogP contribution is -2.21. The van der Waals surface area contributed by atoms with Gasteiger partial charge in [0.1, 0.15) is 11.4 Å². The monoisotopic (exact) mass is 407 g/mol. The Hall–Kier alpha value is -4.14. The molecular formula is C21H17N3O6. The number of furan rings is 1. The second kappa shape index (κ2) is 8.08. The van der Waals surface area contributed by atoms with Gasteiger partial charge in [0.15, 0.2) is 12.4 Å². The minimum Gasteiger partial charge on any atom is -0.497 e. The summed E-state index contributed by atoms with van der Waals surface area (Å²) in [7, 11) is 1.53. The molecule has 9 nitrogen and oxygen atoms in total. The van der Waals surface area contributed by atoms with Gasteiger partial charge in [-0.1, -0.05) is 11.2 Å². The zero-order valence-electron chi connectivity index (χ0n) is 16.2. The Bertz CT molecular complexity index is 1210. The minimum atomic E-state index is -0.706. The SMILES string of the molecule is COc1cccc(NC(=O)COC(=O)c2cc(-c3ccco3)nc3onc(C)c23)c1. The van der Waals surface area contributed by atoms with Gasteiger partial charge in [-0.2, -0.15) is 0 Å². The number of pyridine rings is 1. The van der Waals surface area contributed by atoms with Crippen LogP contribution in [0.1, 0.15) is 16.1 Å². The van der Waals surface area contributed by atoms with E-state index in [1.807, 2.05) is 0 Å². The highest BCUT2D eigenvalue weighted by Gasteiger charge is 2.22. The number of carbonyl (C=O) groups excluding carboxylic acids is 2. The number of nitrogens with zero attached hydrogens (tertiary/aromatic N) is 2. The summed E-state index contributed by atoms with van der Waals surface area (Å²) in [5, 5.41) is 6.93. The van der Waals surface area contributed by atoms with Crippen molar-refractivity contribution >= 4 is 28.7 Å². The molecular weight excluding hydrogens is 390 g/mol. The normalized spacial score (nSPS) is 10.7. The first-order chi connectivity index (χ1) is 14.5. The zero-order valence-corrected chi connectivity index (χ0v) is 16.2.